The van der Waals surface area contributed by atoms with Crippen LogP contribution in [0.3, 0.4) is 0 Å². The maximum Gasteiger partial charge on any atom is 0.261 e. The van der Waals surface area contributed by atoms with Crippen LogP contribution in [0.5, 0.6) is 5.75 Å². The van der Waals surface area contributed by atoms with E-state index in [9.17, 15) is 9.59 Å². The van der Waals surface area contributed by atoms with E-state index in [1.54, 1.807) is 16.2 Å². The average Bonchev–Trinajstić information content (AvgIpc) is 3.51. The highest BCUT2D eigenvalue weighted by molar-refractivity contribution is 6.44. The predicted molar refractivity (Wildman–Crippen MR) is 281 cm³/mol. The lowest BCUT2D eigenvalue weighted by Gasteiger charge is -2.23. The molecule has 3 aromatic heterocycles. The van der Waals surface area contributed by atoms with Gasteiger partial charge in [0.15, 0.2) is 0 Å². The molecule has 1 N–H and O–H groups in total. The standard InChI is InChI=1S/C58H68N4O5/c1-6-10-14-18-22-37(23-19-15-11-7-2)61-55(63)42-32-30-40-41-31-33-43-49-45(58(66)62(56(43)64)38(24-20-16-12-8-3)25-21-17-13-9-4)35-47-53(51(41)49)52-46(34-44(57(61)65)48(42)50(40)52)59-54(60-47)36-26-28-39(67-5)29-27-36/h26-35,37-38H,6-25H2,1-5H3,(H,59,60). The fourth-order valence-electron chi connectivity index (χ4n) is 11.5. The summed E-state index contributed by atoms with van der Waals surface area (Å²) >= 11 is 0. The summed E-state index contributed by atoms with van der Waals surface area (Å²) in [6.45, 7) is 8.80. The molecular formula is C58H68N4O5. The van der Waals surface area contributed by atoms with Gasteiger partial charge in [-0.15, -0.1) is 0 Å². The maximum atomic E-state index is 15.2. The molecule has 0 saturated heterocycles. The maximum absolute atomic E-state index is 15.2. The molecule has 0 spiro atoms. The minimum Gasteiger partial charge on any atom is -0.497 e. The summed E-state index contributed by atoms with van der Waals surface area (Å²) < 4.78 is 8.72. The highest BCUT2D eigenvalue weighted by Gasteiger charge is 2.29. The van der Waals surface area contributed by atoms with Crippen molar-refractivity contribution in [1.29, 1.82) is 0 Å². The highest BCUT2D eigenvalue weighted by atomic mass is 16.5. The van der Waals surface area contributed by atoms with Crippen LogP contribution in [0, 0.1) is 0 Å². The number of ether oxygens (including phenoxy) is 1. The Kier molecular flexibility index (Phi) is 13.9. The van der Waals surface area contributed by atoms with Crippen LogP contribution < -0.4 is 27.0 Å². The zero-order chi connectivity index (χ0) is 46.8. The van der Waals surface area contributed by atoms with E-state index in [0.717, 1.165) is 166 Å². The number of pyridine rings is 2. The molecule has 0 bridgehead atoms. The van der Waals surface area contributed by atoms with Crippen molar-refractivity contribution < 1.29 is 4.74 Å². The Bertz CT molecular complexity index is 3180. The minimum atomic E-state index is -0.265. The molecular weight excluding hydrogens is 833 g/mol. The van der Waals surface area contributed by atoms with Crippen LogP contribution in [-0.2, 0) is 0 Å². The summed E-state index contributed by atoms with van der Waals surface area (Å²) in [5, 5.41) is 8.33. The Morgan fingerprint density at radius 3 is 1.33 bits per heavy atom. The third-order valence-electron chi connectivity index (χ3n) is 15.0. The normalized spacial score (nSPS) is 12.5. The van der Waals surface area contributed by atoms with Gasteiger partial charge in [-0.2, -0.15) is 0 Å². The van der Waals surface area contributed by atoms with Crippen molar-refractivity contribution in [2.45, 2.75) is 168 Å². The van der Waals surface area contributed by atoms with Crippen LogP contribution >= 0.6 is 0 Å². The average molecular weight is 901 g/mol. The molecule has 0 radical (unpaired) electrons. The molecule has 9 rings (SSSR count). The molecule has 6 aromatic carbocycles. The lowest BCUT2D eigenvalue weighted by Crippen LogP contribution is -2.37. The summed E-state index contributed by atoms with van der Waals surface area (Å²) in [6, 6.07) is 19.0. The summed E-state index contributed by atoms with van der Waals surface area (Å²) in [5.74, 6) is 1.26. The first-order valence-corrected chi connectivity index (χ1v) is 25.8. The van der Waals surface area contributed by atoms with Gasteiger partial charge in [0.2, 0.25) is 0 Å². The Labute approximate surface area is 392 Å². The van der Waals surface area contributed by atoms with Gasteiger partial charge in [-0.1, -0.05) is 143 Å². The van der Waals surface area contributed by atoms with E-state index in [2.05, 4.69) is 32.7 Å². The van der Waals surface area contributed by atoms with E-state index in [1.807, 2.05) is 60.7 Å². The second-order valence-electron chi connectivity index (χ2n) is 19.5. The number of nitrogens with one attached hydrogen (secondary N) is 1. The van der Waals surface area contributed by atoms with E-state index in [-0.39, 0.29) is 34.3 Å². The highest BCUT2D eigenvalue weighted by Crippen LogP contribution is 2.47. The number of hydrogen-bond acceptors (Lipinski definition) is 6. The molecule has 9 nitrogen and oxygen atoms in total. The van der Waals surface area contributed by atoms with Crippen molar-refractivity contribution >= 4 is 75.7 Å². The Morgan fingerprint density at radius 1 is 0.463 bits per heavy atom. The van der Waals surface area contributed by atoms with Gasteiger partial charge in [-0.3, -0.25) is 28.3 Å². The van der Waals surface area contributed by atoms with Gasteiger partial charge in [0.1, 0.15) is 11.6 Å². The molecule has 0 fully saturated rings. The fraction of sp³-hybridized carbons (Fsp3) is 0.466. The number of fused-ring (bicyclic) bond motifs is 1. The molecule has 0 aliphatic carbocycles. The fourth-order valence-corrected chi connectivity index (χ4v) is 11.5. The number of unbranched alkanes of at least 4 members (excludes halogenated alkanes) is 12. The molecule has 0 unspecified atom stereocenters. The topological polar surface area (TPSA) is 116 Å². The number of aromatic nitrogens is 4. The number of nitrogens with zero attached hydrogens (tertiary/aromatic N) is 3. The number of aromatic amines is 1. The van der Waals surface area contributed by atoms with Crippen LogP contribution in [-0.4, -0.2) is 26.2 Å². The molecule has 9 aromatic rings. The Morgan fingerprint density at radius 2 is 0.881 bits per heavy atom. The van der Waals surface area contributed by atoms with Crippen LogP contribution in [0.2, 0.25) is 0 Å². The van der Waals surface area contributed by atoms with Gasteiger partial charge >= 0.3 is 0 Å². The SMILES string of the molecule is CCCCCCC(CCCCCC)n1c(=O)c2ccc3c4ccc5c(=O)n(C(CCCCCC)CCCCCC)c(=O)c6cc7[nH]c(-c8ccc(OC)cc8)nc8cc(c1=O)c2c3c8c7c4c56. The van der Waals surface area contributed by atoms with Crippen molar-refractivity contribution in [1.82, 2.24) is 19.1 Å². The van der Waals surface area contributed by atoms with E-state index in [0.29, 0.717) is 54.9 Å². The number of hydrogen-bond donors (Lipinski definition) is 1. The van der Waals surface area contributed by atoms with Crippen LogP contribution in [0.25, 0.3) is 87.1 Å². The lowest BCUT2D eigenvalue weighted by atomic mass is 9.85. The second-order valence-corrected chi connectivity index (χ2v) is 19.5. The monoisotopic (exact) mass is 901 g/mol. The quantitative estimate of drug-likeness (QED) is 0.0367. The minimum absolute atomic E-state index is 0.196. The van der Waals surface area contributed by atoms with Crippen molar-refractivity contribution in [2.75, 3.05) is 7.11 Å². The van der Waals surface area contributed by atoms with Crippen molar-refractivity contribution in [3.8, 4) is 17.1 Å². The van der Waals surface area contributed by atoms with Crippen LogP contribution in [0.15, 0.2) is 79.8 Å². The van der Waals surface area contributed by atoms with Crippen molar-refractivity contribution in [3.05, 3.63) is 102 Å². The molecule has 0 saturated carbocycles. The molecule has 9 heteroatoms. The summed E-state index contributed by atoms with van der Waals surface area (Å²) in [5.41, 5.74) is 1.11. The summed E-state index contributed by atoms with van der Waals surface area (Å²) in [7, 11) is 1.64. The van der Waals surface area contributed by atoms with E-state index >= 15 is 9.59 Å². The second kappa shape index (κ2) is 20.2. The Balaban J connectivity index is 1.37. The van der Waals surface area contributed by atoms with Crippen molar-refractivity contribution in [2.24, 2.45) is 0 Å². The molecule has 0 aliphatic rings. The lowest BCUT2D eigenvalue weighted by molar-refractivity contribution is 0.384. The molecule has 67 heavy (non-hydrogen) atoms. The van der Waals surface area contributed by atoms with Gasteiger partial charge in [-0.25, -0.2) is 4.98 Å². The summed E-state index contributed by atoms with van der Waals surface area (Å²) in [4.78, 5) is 69.5. The first-order valence-electron chi connectivity index (χ1n) is 25.8. The largest absolute Gasteiger partial charge is 0.497 e. The first kappa shape index (κ1) is 46.3. The van der Waals surface area contributed by atoms with Gasteiger partial charge < -0.3 is 9.72 Å². The van der Waals surface area contributed by atoms with E-state index < -0.39 is 0 Å². The number of benzene rings is 6. The molecule has 0 amide bonds. The number of methoxy groups -OCH3 is 1. The Hall–Kier alpha value is -5.83. The van der Waals surface area contributed by atoms with E-state index in [1.165, 1.54) is 0 Å². The third-order valence-corrected chi connectivity index (χ3v) is 15.0. The molecule has 3 heterocycles. The number of rotatable bonds is 24. The molecule has 0 atom stereocenters. The van der Waals surface area contributed by atoms with Gasteiger partial charge in [0, 0.05) is 66.3 Å². The first-order chi connectivity index (χ1) is 32.8. The smallest absolute Gasteiger partial charge is 0.261 e. The zero-order valence-electron chi connectivity index (χ0n) is 40.5. The van der Waals surface area contributed by atoms with Gasteiger partial charge in [0.05, 0.1) is 23.4 Å². The van der Waals surface area contributed by atoms with Crippen LogP contribution in [0.1, 0.15) is 168 Å². The third kappa shape index (κ3) is 8.35. The predicted octanol–water partition coefficient (Wildman–Crippen LogP) is 14.5. The number of H-pyrrole nitrogens is 1. The van der Waals surface area contributed by atoms with Gasteiger partial charge in [-0.05, 0) is 85.0 Å². The molecule has 350 valence electrons. The van der Waals surface area contributed by atoms with E-state index in [4.69, 9.17) is 9.72 Å². The van der Waals surface area contributed by atoms with Gasteiger partial charge in [0.25, 0.3) is 22.2 Å². The molecule has 0 aliphatic heterocycles. The summed E-state index contributed by atoms with van der Waals surface area (Å²) in [6.07, 6.45) is 20.3. The van der Waals surface area contributed by atoms with Crippen LogP contribution in [0.4, 0.5) is 0 Å². The van der Waals surface area contributed by atoms with Crippen molar-refractivity contribution in [3.63, 3.8) is 0 Å². The zero-order valence-corrected chi connectivity index (χ0v) is 40.5.